The fraction of sp³-hybridized carbons (Fsp3) is 1.00. The van der Waals surface area contributed by atoms with Gasteiger partial charge < -0.3 is 0 Å². The van der Waals surface area contributed by atoms with E-state index in [1.807, 2.05) is 0 Å². The van der Waals surface area contributed by atoms with Crippen molar-refractivity contribution in [1.82, 2.24) is 4.90 Å². The summed E-state index contributed by atoms with van der Waals surface area (Å²) in [6, 6.07) is 3.08. The quantitative estimate of drug-likeness (QED) is 0.559. The average Bonchev–Trinajstić information content (AvgIpc) is 2.93. The van der Waals surface area contributed by atoms with Gasteiger partial charge in [-0.25, -0.2) is 0 Å². The predicted molar refractivity (Wildman–Crippen MR) is 54.8 cm³/mol. The third-order valence-electron chi connectivity index (χ3n) is 4.37. The van der Waals surface area contributed by atoms with Crippen LogP contribution in [0.15, 0.2) is 0 Å². The van der Waals surface area contributed by atoms with E-state index in [0.29, 0.717) is 0 Å². The van der Waals surface area contributed by atoms with Crippen LogP contribution in [0.2, 0.25) is 0 Å². The lowest BCUT2D eigenvalue weighted by atomic mass is 9.95. The van der Waals surface area contributed by atoms with Crippen LogP contribution in [0.4, 0.5) is 0 Å². The molecule has 2 saturated carbocycles. The molecule has 1 saturated heterocycles. The zero-order chi connectivity index (χ0) is 8.67. The summed E-state index contributed by atoms with van der Waals surface area (Å²) in [7, 11) is 0. The fourth-order valence-electron chi connectivity index (χ4n) is 3.67. The minimum atomic E-state index is 1.00. The van der Waals surface area contributed by atoms with Gasteiger partial charge >= 0.3 is 0 Å². The summed E-state index contributed by atoms with van der Waals surface area (Å²) >= 11 is 0. The molecule has 1 heteroatoms. The van der Waals surface area contributed by atoms with E-state index >= 15 is 0 Å². The summed E-state index contributed by atoms with van der Waals surface area (Å²) in [6.07, 6.45) is 13.6. The lowest BCUT2D eigenvalue weighted by molar-refractivity contribution is 0.269. The molecule has 3 rings (SSSR count). The minimum Gasteiger partial charge on any atom is -0.291 e. The Hall–Kier alpha value is -0.0400. The largest absolute Gasteiger partial charge is 0.291 e. The maximum absolute atomic E-state index is 2.87. The Balaban J connectivity index is 1.60. The van der Waals surface area contributed by atoms with Gasteiger partial charge in [0.1, 0.15) is 0 Å². The molecule has 0 amide bonds. The Kier molecular flexibility index (Phi) is 2.08. The maximum atomic E-state index is 2.87. The molecule has 74 valence electrons. The Bertz CT molecular complexity index is 172. The highest BCUT2D eigenvalue weighted by molar-refractivity contribution is 5.07. The summed E-state index contributed by atoms with van der Waals surface area (Å²) in [5.74, 6) is 0. The average molecular weight is 179 g/mol. The Morgan fingerprint density at radius 1 is 0.615 bits per heavy atom. The molecule has 1 nitrogen and oxygen atoms in total. The molecule has 0 bridgehead atoms. The first-order chi connectivity index (χ1) is 6.47. The van der Waals surface area contributed by atoms with Crippen molar-refractivity contribution in [2.24, 2.45) is 0 Å². The van der Waals surface area contributed by atoms with E-state index in [1.165, 1.54) is 57.8 Å². The van der Waals surface area contributed by atoms with Gasteiger partial charge in [-0.3, -0.25) is 4.90 Å². The molecule has 3 fully saturated rings. The molecule has 0 spiro atoms. The summed E-state index contributed by atoms with van der Waals surface area (Å²) in [4.78, 5) is 2.87. The van der Waals surface area contributed by atoms with Crippen LogP contribution in [0, 0.1) is 0 Å². The molecule has 2 aliphatic carbocycles. The lowest BCUT2D eigenvalue weighted by Gasteiger charge is -2.23. The number of nitrogens with zero attached hydrogens (tertiary/aromatic N) is 1. The second kappa shape index (κ2) is 3.27. The Morgan fingerprint density at radius 2 is 1.15 bits per heavy atom. The molecule has 0 radical (unpaired) electrons. The zero-order valence-electron chi connectivity index (χ0n) is 8.54. The zero-order valence-corrected chi connectivity index (χ0v) is 8.54. The highest BCUT2D eigenvalue weighted by atomic mass is 15.4. The normalized spacial score (nSPS) is 45.7. The molecule has 1 heterocycles. The second-order valence-corrected chi connectivity index (χ2v) is 5.16. The standard InChI is InChI=1S/C12H21N/c1-2-6-10(7-3-1)13-11-8-4-5-9-12(11)13/h10-12H,1-9H2/t11-,12+,13?. The van der Waals surface area contributed by atoms with Crippen LogP contribution in [0.25, 0.3) is 0 Å². The summed E-state index contributed by atoms with van der Waals surface area (Å²) < 4.78 is 0. The van der Waals surface area contributed by atoms with Gasteiger partial charge in [0.25, 0.3) is 0 Å². The lowest BCUT2D eigenvalue weighted by Crippen LogP contribution is -2.24. The Morgan fingerprint density at radius 3 is 1.77 bits per heavy atom. The van der Waals surface area contributed by atoms with Crippen LogP contribution in [0.5, 0.6) is 0 Å². The number of likely N-dealkylation sites (tertiary alicyclic amines) is 1. The topological polar surface area (TPSA) is 3.01 Å². The van der Waals surface area contributed by atoms with Gasteiger partial charge in [0.15, 0.2) is 0 Å². The molecule has 1 aliphatic heterocycles. The second-order valence-electron chi connectivity index (χ2n) is 5.16. The van der Waals surface area contributed by atoms with Crippen molar-refractivity contribution >= 4 is 0 Å². The van der Waals surface area contributed by atoms with Crippen molar-refractivity contribution in [2.75, 3.05) is 0 Å². The number of rotatable bonds is 1. The predicted octanol–water partition coefficient (Wildman–Crippen LogP) is 2.95. The van der Waals surface area contributed by atoms with Crippen molar-refractivity contribution in [3.05, 3.63) is 0 Å². The molecule has 0 aromatic heterocycles. The highest BCUT2D eigenvalue weighted by Gasteiger charge is 2.51. The fourth-order valence-corrected chi connectivity index (χ4v) is 3.67. The van der Waals surface area contributed by atoms with E-state index in [2.05, 4.69) is 4.90 Å². The number of fused-ring (bicyclic) bond motifs is 1. The molecule has 13 heavy (non-hydrogen) atoms. The van der Waals surface area contributed by atoms with E-state index in [4.69, 9.17) is 0 Å². The van der Waals surface area contributed by atoms with Gasteiger partial charge in [0.2, 0.25) is 0 Å². The van der Waals surface area contributed by atoms with Gasteiger partial charge in [-0.2, -0.15) is 0 Å². The van der Waals surface area contributed by atoms with E-state index in [-0.39, 0.29) is 0 Å². The van der Waals surface area contributed by atoms with Crippen molar-refractivity contribution in [1.29, 1.82) is 0 Å². The monoisotopic (exact) mass is 179 g/mol. The molecule has 0 N–H and O–H groups in total. The molecule has 1 unspecified atom stereocenters. The van der Waals surface area contributed by atoms with Gasteiger partial charge in [-0.15, -0.1) is 0 Å². The van der Waals surface area contributed by atoms with Crippen LogP contribution in [0.1, 0.15) is 57.8 Å². The minimum absolute atomic E-state index is 1.00. The third kappa shape index (κ3) is 1.41. The summed E-state index contributed by atoms with van der Waals surface area (Å²) in [5, 5.41) is 0. The molecule has 0 aromatic rings. The molecule has 3 aliphatic rings. The van der Waals surface area contributed by atoms with E-state index in [9.17, 15) is 0 Å². The number of hydrogen-bond acceptors (Lipinski definition) is 1. The molecular formula is C12H21N. The third-order valence-corrected chi connectivity index (χ3v) is 4.37. The van der Waals surface area contributed by atoms with Gasteiger partial charge in [-0.1, -0.05) is 32.1 Å². The van der Waals surface area contributed by atoms with Gasteiger partial charge in [0, 0.05) is 18.1 Å². The van der Waals surface area contributed by atoms with Crippen LogP contribution in [-0.2, 0) is 0 Å². The SMILES string of the molecule is C1CCC(N2[C@@H]3CCCC[C@@H]32)CC1. The first-order valence-electron chi connectivity index (χ1n) is 6.24. The van der Waals surface area contributed by atoms with Crippen LogP contribution >= 0.6 is 0 Å². The van der Waals surface area contributed by atoms with E-state index in [1.54, 1.807) is 0 Å². The van der Waals surface area contributed by atoms with Crippen molar-refractivity contribution in [3.63, 3.8) is 0 Å². The van der Waals surface area contributed by atoms with Crippen molar-refractivity contribution in [3.8, 4) is 0 Å². The first-order valence-corrected chi connectivity index (χ1v) is 6.24. The van der Waals surface area contributed by atoms with E-state index < -0.39 is 0 Å². The molecule has 3 atom stereocenters. The van der Waals surface area contributed by atoms with Crippen LogP contribution in [0.3, 0.4) is 0 Å². The van der Waals surface area contributed by atoms with Crippen molar-refractivity contribution in [2.45, 2.75) is 75.9 Å². The van der Waals surface area contributed by atoms with Crippen molar-refractivity contribution < 1.29 is 0 Å². The highest BCUT2D eigenvalue weighted by Crippen LogP contribution is 2.44. The smallest absolute Gasteiger partial charge is 0.0258 e. The first kappa shape index (κ1) is 8.28. The van der Waals surface area contributed by atoms with Crippen LogP contribution < -0.4 is 0 Å². The van der Waals surface area contributed by atoms with Gasteiger partial charge in [-0.05, 0) is 25.7 Å². The Labute approximate surface area is 81.5 Å². The van der Waals surface area contributed by atoms with E-state index in [0.717, 1.165) is 18.1 Å². The number of hydrogen-bond donors (Lipinski definition) is 0. The van der Waals surface area contributed by atoms with Gasteiger partial charge in [0.05, 0.1) is 0 Å². The summed E-state index contributed by atoms with van der Waals surface area (Å²) in [5.41, 5.74) is 0. The van der Waals surface area contributed by atoms with Crippen LogP contribution in [-0.4, -0.2) is 23.0 Å². The summed E-state index contributed by atoms with van der Waals surface area (Å²) in [6.45, 7) is 0. The maximum Gasteiger partial charge on any atom is 0.0258 e. The molecular weight excluding hydrogens is 158 g/mol. The molecule has 0 aromatic carbocycles.